The van der Waals surface area contributed by atoms with Crippen molar-refractivity contribution >= 4 is 29.3 Å². The zero-order valence-electron chi connectivity index (χ0n) is 16.7. The summed E-state index contributed by atoms with van der Waals surface area (Å²) in [6, 6.07) is 24.2. The zero-order chi connectivity index (χ0) is 21.2. The minimum atomic E-state index is -0.735. The third-order valence-corrected chi connectivity index (χ3v) is 6.27. The Morgan fingerprint density at radius 2 is 1.73 bits per heavy atom. The molecule has 0 unspecified atom stereocenters. The topological polar surface area (TPSA) is 46.5 Å². The van der Waals surface area contributed by atoms with Crippen molar-refractivity contribution in [3.8, 4) is 5.75 Å². The first kappa shape index (κ1) is 22.3. The van der Waals surface area contributed by atoms with E-state index in [-0.39, 0.29) is 6.42 Å². The van der Waals surface area contributed by atoms with Crippen molar-refractivity contribution in [3.63, 3.8) is 0 Å². The Morgan fingerprint density at radius 3 is 2.53 bits per heavy atom. The number of hydrogen-bond acceptors (Lipinski definition) is 3. The molecule has 0 aromatic heterocycles. The van der Waals surface area contributed by atoms with Gasteiger partial charge in [-0.3, -0.25) is 4.79 Å². The average molecular weight is 441 g/mol. The zero-order valence-corrected chi connectivity index (χ0v) is 18.3. The number of carbonyl (C=O) groups is 1. The summed E-state index contributed by atoms with van der Waals surface area (Å²) in [5.74, 6) is 0.0935. The quantitative estimate of drug-likeness (QED) is 0.319. The van der Waals surface area contributed by atoms with E-state index < -0.39 is 5.97 Å². The smallest absolute Gasteiger partial charge is 0.303 e. The lowest BCUT2D eigenvalue weighted by Crippen LogP contribution is -1.95. The van der Waals surface area contributed by atoms with Gasteiger partial charge in [0, 0.05) is 16.2 Å². The molecule has 30 heavy (non-hydrogen) atoms. The van der Waals surface area contributed by atoms with Crippen molar-refractivity contribution in [3.05, 3.63) is 88.9 Å². The highest BCUT2D eigenvalue weighted by atomic mass is 35.5. The Balaban J connectivity index is 1.58. The lowest BCUT2D eigenvalue weighted by Gasteiger charge is -2.11. The summed E-state index contributed by atoms with van der Waals surface area (Å²) in [6.45, 7) is 0.535. The van der Waals surface area contributed by atoms with E-state index >= 15 is 0 Å². The molecule has 0 atom stereocenters. The van der Waals surface area contributed by atoms with Crippen LogP contribution in [0.2, 0.25) is 5.02 Å². The maximum absolute atomic E-state index is 10.6. The fourth-order valence-corrected chi connectivity index (χ4v) is 4.37. The van der Waals surface area contributed by atoms with E-state index in [1.807, 2.05) is 66.7 Å². The largest absolute Gasteiger partial charge is 0.489 e. The van der Waals surface area contributed by atoms with Gasteiger partial charge in [0.25, 0.3) is 0 Å². The lowest BCUT2D eigenvalue weighted by molar-refractivity contribution is -0.137. The van der Waals surface area contributed by atoms with Crippen LogP contribution in [-0.4, -0.2) is 11.1 Å². The molecule has 3 nitrogen and oxygen atoms in total. The molecule has 0 amide bonds. The fourth-order valence-electron chi connectivity index (χ4n) is 3.09. The third-order valence-electron chi connectivity index (χ3n) is 4.66. The Morgan fingerprint density at radius 1 is 0.933 bits per heavy atom. The maximum atomic E-state index is 10.6. The number of unbranched alkanes of at least 4 members (excludes halogenated alkanes) is 2. The predicted molar refractivity (Wildman–Crippen MR) is 123 cm³/mol. The monoisotopic (exact) mass is 440 g/mol. The molecule has 0 aliphatic carbocycles. The van der Waals surface area contributed by atoms with Crippen LogP contribution in [0.3, 0.4) is 0 Å². The van der Waals surface area contributed by atoms with Crippen LogP contribution in [0.5, 0.6) is 5.75 Å². The number of carboxylic acid groups (broad SMARTS) is 1. The van der Waals surface area contributed by atoms with E-state index in [1.54, 1.807) is 11.8 Å². The van der Waals surface area contributed by atoms with E-state index in [0.717, 1.165) is 51.0 Å². The summed E-state index contributed by atoms with van der Waals surface area (Å²) >= 11 is 8.28. The number of hydrogen-bond donors (Lipinski definition) is 1. The van der Waals surface area contributed by atoms with Crippen molar-refractivity contribution in [1.82, 2.24) is 0 Å². The number of benzene rings is 3. The molecule has 0 aliphatic heterocycles. The minimum Gasteiger partial charge on any atom is -0.489 e. The second-order valence-electron chi connectivity index (χ2n) is 7.03. The molecule has 156 valence electrons. The van der Waals surface area contributed by atoms with Gasteiger partial charge in [-0.05, 0) is 54.7 Å². The summed E-state index contributed by atoms with van der Waals surface area (Å²) in [7, 11) is 0. The third kappa shape index (κ3) is 7.12. The van der Waals surface area contributed by atoms with Crippen LogP contribution in [0.25, 0.3) is 0 Å². The van der Waals surface area contributed by atoms with Gasteiger partial charge in [0.05, 0.1) is 5.02 Å². The molecule has 3 aromatic carbocycles. The summed E-state index contributed by atoms with van der Waals surface area (Å²) in [4.78, 5) is 12.7. The number of carboxylic acids is 1. The molecule has 0 fully saturated rings. The van der Waals surface area contributed by atoms with Crippen LogP contribution in [-0.2, 0) is 17.8 Å². The maximum Gasteiger partial charge on any atom is 0.303 e. The van der Waals surface area contributed by atoms with Gasteiger partial charge in [0.1, 0.15) is 12.4 Å². The Hall–Kier alpha value is -2.43. The Kier molecular flexibility index (Phi) is 8.66. The highest BCUT2D eigenvalue weighted by Gasteiger charge is 2.09. The molecule has 0 saturated heterocycles. The second kappa shape index (κ2) is 11.7. The number of halogens is 1. The first-order chi connectivity index (χ1) is 14.6. The summed E-state index contributed by atoms with van der Waals surface area (Å²) in [5.41, 5.74) is 2.24. The van der Waals surface area contributed by atoms with Gasteiger partial charge in [-0.15, -0.1) is 0 Å². The summed E-state index contributed by atoms with van der Waals surface area (Å²) < 4.78 is 5.93. The average Bonchev–Trinajstić information content (AvgIpc) is 2.75. The highest BCUT2D eigenvalue weighted by molar-refractivity contribution is 7.99. The SMILES string of the molecule is O=C(O)CCCCCc1cccc(Sc2cccc(OCc3ccccc3)c2)c1Cl. The molecule has 5 heteroatoms. The predicted octanol–water partition coefficient (Wildman–Crippen LogP) is 7.26. The van der Waals surface area contributed by atoms with Crippen molar-refractivity contribution in [2.24, 2.45) is 0 Å². The van der Waals surface area contributed by atoms with Gasteiger partial charge in [-0.2, -0.15) is 0 Å². The van der Waals surface area contributed by atoms with Crippen molar-refractivity contribution in [2.75, 3.05) is 0 Å². The van der Waals surface area contributed by atoms with E-state index in [4.69, 9.17) is 21.4 Å². The van der Waals surface area contributed by atoms with Crippen molar-refractivity contribution in [1.29, 1.82) is 0 Å². The van der Waals surface area contributed by atoms with E-state index in [2.05, 4.69) is 6.07 Å². The Labute approximate surface area is 187 Å². The molecule has 0 bridgehead atoms. The summed E-state index contributed by atoms with van der Waals surface area (Å²) in [5, 5.41) is 9.50. The highest BCUT2D eigenvalue weighted by Crippen LogP contribution is 2.37. The fraction of sp³-hybridized carbons (Fsp3) is 0.240. The molecule has 0 radical (unpaired) electrons. The molecule has 3 rings (SSSR count). The standard InChI is InChI=1S/C25H25ClO3S/c26-25-20(11-5-2-6-16-24(27)28)12-7-15-23(25)30-22-14-8-13-21(17-22)29-18-19-9-3-1-4-10-19/h1,3-4,7-10,12-15,17H,2,5-6,11,16,18H2,(H,27,28). The first-order valence-corrected chi connectivity index (χ1v) is 11.2. The van der Waals surface area contributed by atoms with E-state index in [1.165, 1.54) is 0 Å². The van der Waals surface area contributed by atoms with Gasteiger partial charge in [-0.1, -0.05) is 78.3 Å². The van der Waals surface area contributed by atoms with Gasteiger partial charge in [-0.25, -0.2) is 0 Å². The molecule has 0 spiro atoms. The number of aliphatic carboxylic acids is 1. The number of rotatable bonds is 11. The molecule has 0 heterocycles. The van der Waals surface area contributed by atoms with Gasteiger partial charge in [0.2, 0.25) is 0 Å². The molecular formula is C25H25ClO3S. The molecule has 0 aliphatic rings. The van der Waals surface area contributed by atoms with E-state index in [9.17, 15) is 4.79 Å². The second-order valence-corrected chi connectivity index (χ2v) is 8.53. The van der Waals surface area contributed by atoms with Crippen LogP contribution < -0.4 is 4.74 Å². The van der Waals surface area contributed by atoms with Crippen molar-refractivity contribution in [2.45, 2.75) is 48.5 Å². The van der Waals surface area contributed by atoms with E-state index in [0.29, 0.717) is 13.0 Å². The lowest BCUT2D eigenvalue weighted by atomic mass is 10.1. The van der Waals surface area contributed by atoms with Crippen LogP contribution in [0.1, 0.15) is 36.8 Å². The Bertz CT molecular complexity index is 960. The molecule has 1 N–H and O–H groups in total. The van der Waals surface area contributed by atoms with Crippen LogP contribution >= 0.6 is 23.4 Å². The molecule has 0 saturated carbocycles. The van der Waals surface area contributed by atoms with Crippen LogP contribution in [0.4, 0.5) is 0 Å². The molecular weight excluding hydrogens is 416 g/mol. The minimum absolute atomic E-state index is 0.228. The van der Waals surface area contributed by atoms with Gasteiger partial charge >= 0.3 is 5.97 Å². The van der Waals surface area contributed by atoms with Crippen molar-refractivity contribution < 1.29 is 14.6 Å². The number of aryl methyl sites for hydroxylation is 1. The normalized spacial score (nSPS) is 10.7. The summed E-state index contributed by atoms with van der Waals surface area (Å²) in [6.07, 6.45) is 3.61. The number of ether oxygens (including phenoxy) is 1. The van der Waals surface area contributed by atoms with Crippen LogP contribution in [0, 0.1) is 0 Å². The van der Waals surface area contributed by atoms with Gasteiger partial charge in [0.15, 0.2) is 0 Å². The molecule has 3 aromatic rings. The van der Waals surface area contributed by atoms with Crippen LogP contribution in [0.15, 0.2) is 82.6 Å². The van der Waals surface area contributed by atoms with Gasteiger partial charge < -0.3 is 9.84 Å². The first-order valence-electron chi connectivity index (χ1n) is 10.1.